The van der Waals surface area contributed by atoms with E-state index in [0.717, 1.165) is 11.1 Å². The Morgan fingerprint density at radius 1 is 1.09 bits per heavy atom. The van der Waals surface area contributed by atoms with E-state index < -0.39 is 6.04 Å². The third-order valence-corrected chi connectivity index (χ3v) is 5.82. The highest BCUT2D eigenvalue weighted by molar-refractivity contribution is 6.30. The van der Waals surface area contributed by atoms with Crippen LogP contribution in [0.1, 0.15) is 18.2 Å². The number of anilines is 2. The Balaban J connectivity index is 1.60. The molecule has 0 saturated heterocycles. The van der Waals surface area contributed by atoms with Crippen LogP contribution in [0.25, 0.3) is 11.1 Å². The zero-order chi connectivity index (χ0) is 25.1. The van der Waals surface area contributed by atoms with Crippen molar-refractivity contribution in [2.75, 3.05) is 39.1 Å². The standard InChI is InChI=1S/C24H25ClN4O6/c1-32-12-16-21(13-5-7-14(25)8-6-13)23-27-24(31)17(29(23)28-16)11-20(30)26-15-9-18(33-2)22(35-4)19(10-15)34-3/h5-10,17H,11-12H2,1-4H3,(H,26,30)(H,27,31). The average Bonchev–Trinajstić information content (AvgIpc) is 3.33. The number of methoxy groups -OCH3 is 4. The van der Waals surface area contributed by atoms with Crippen molar-refractivity contribution in [3.8, 4) is 28.4 Å². The number of hydrogen-bond donors (Lipinski definition) is 2. The Bertz CT molecular complexity index is 1230. The van der Waals surface area contributed by atoms with Crippen molar-refractivity contribution < 1.29 is 28.5 Å². The lowest BCUT2D eigenvalue weighted by molar-refractivity contribution is -0.123. The lowest BCUT2D eigenvalue weighted by Gasteiger charge is -2.15. The van der Waals surface area contributed by atoms with Gasteiger partial charge in [0.05, 0.1) is 40.1 Å². The summed E-state index contributed by atoms with van der Waals surface area (Å²) in [5.74, 6) is 0.995. The minimum absolute atomic E-state index is 0.135. The van der Waals surface area contributed by atoms with E-state index in [1.807, 2.05) is 12.1 Å². The Labute approximate surface area is 207 Å². The van der Waals surface area contributed by atoms with E-state index in [9.17, 15) is 9.59 Å². The van der Waals surface area contributed by atoms with Gasteiger partial charge in [-0.3, -0.25) is 9.59 Å². The molecular weight excluding hydrogens is 476 g/mol. The minimum Gasteiger partial charge on any atom is -0.493 e. The van der Waals surface area contributed by atoms with Crippen LogP contribution in [-0.4, -0.2) is 50.0 Å². The predicted octanol–water partition coefficient (Wildman–Crippen LogP) is 3.90. The summed E-state index contributed by atoms with van der Waals surface area (Å²) in [5.41, 5.74) is 2.63. The fourth-order valence-electron chi connectivity index (χ4n) is 4.02. The van der Waals surface area contributed by atoms with Gasteiger partial charge in [0.2, 0.25) is 11.7 Å². The van der Waals surface area contributed by atoms with Crippen LogP contribution in [0.2, 0.25) is 5.02 Å². The molecule has 11 heteroatoms. The third-order valence-electron chi connectivity index (χ3n) is 5.56. The van der Waals surface area contributed by atoms with Crippen molar-refractivity contribution in [2.45, 2.75) is 19.1 Å². The summed E-state index contributed by atoms with van der Waals surface area (Å²) in [6.07, 6.45) is -0.135. The predicted molar refractivity (Wildman–Crippen MR) is 130 cm³/mol. The number of benzene rings is 2. The molecule has 3 aromatic rings. The van der Waals surface area contributed by atoms with Crippen molar-refractivity contribution in [1.82, 2.24) is 9.78 Å². The molecule has 35 heavy (non-hydrogen) atoms. The van der Waals surface area contributed by atoms with Gasteiger partial charge in [-0.2, -0.15) is 5.10 Å². The number of amides is 2. The van der Waals surface area contributed by atoms with Crippen molar-refractivity contribution in [3.63, 3.8) is 0 Å². The van der Waals surface area contributed by atoms with Crippen LogP contribution in [0.5, 0.6) is 17.2 Å². The van der Waals surface area contributed by atoms with Gasteiger partial charge in [0.15, 0.2) is 11.5 Å². The van der Waals surface area contributed by atoms with Crippen LogP contribution in [0.15, 0.2) is 36.4 Å². The van der Waals surface area contributed by atoms with Crippen LogP contribution in [0.4, 0.5) is 11.5 Å². The average molecular weight is 501 g/mol. The molecular formula is C24H25ClN4O6. The fraction of sp³-hybridized carbons (Fsp3) is 0.292. The second-order valence-electron chi connectivity index (χ2n) is 7.73. The van der Waals surface area contributed by atoms with E-state index in [2.05, 4.69) is 15.7 Å². The number of fused-ring (bicyclic) bond motifs is 1. The van der Waals surface area contributed by atoms with Gasteiger partial charge in [-0.05, 0) is 17.7 Å². The number of nitrogens with zero attached hydrogens (tertiary/aromatic N) is 2. The molecule has 1 aliphatic rings. The normalized spacial score (nSPS) is 14.3. The van der Waals surface area contributed by atoms with Crippen molar-refractivity contribution >= 4 is 34.9 Å². The van der Waals surface area contributed by atoms with Crippen molar-refractivity contribution in [3.05, 3.63) is 47.1 Å². The molecule has 4 rings (SSSR count). The maximum absolute atomic E-state index is 12.9. The lowest BCUT2D eigenvalue weighted by Crippen LogP contribution is -2.24. The smallest absolute Gasteiger partial charge is 0.251 e. The SMILES string of the molecule is COCc1nn2c(c1-c1ccc(Cl)cc1)NC(=O)C2CC(=O)Nc1cc(OC)c(OC)c(OC)c1. The van der Waals surface area contributed by atoms with E-state index in [0.29, 0.717) is 39.5 Å². The van der Waals surface area contributed by atoms with E-state index in [-0.39, 0.29) is 24.8 Å². The van der Waals surface area contributed by atoms with Crippen LogP contribution in [0.3, 0.4) is 0 Å². The topological polar surface area (TPSA) is 113 Å². The number of ether oxygens (including phenoxy) is 4. The molecule has 2 aromatic carbocycles. The van der Waals surface area contributed by atoms with Gasteiger partial charge < -0.3 is 29.6 Å². The molecule has 184 valence electrons. The van der Waals surface area contributed by atoms with Gasteiger partial charge >= 0.3 is 0 Å². The molecule has 1 aromatic heterocycles. The summed E-state index contributed by atoms with van der Waals surface area (Å²) in [4.78, 5) is 25.7. The number of aromatic nitrogens is 2. The number of carbonyl (C=O) groups is 2. The summed E-state index contributed by atoms with van der Waals surface area (Å²) < 4.78 is 22.8. The maximum Gasteiger partial charge on any atom is 0.251 e. The number of halogens is 1. The zero-order valence-electron chi connectivity index (χ0n) is 19.7. The monoisotopic (exact) mass is 500 g/mol. The lowest BCUT2D eigenvalue weighted by atomic mass is 10.1. The fourth-order valence-corrected chi connectivity index (χ4v) is 4.14. The van der Waals surface area contributed by atoms with Crippen LogP contribution >= 0.6 is 11.6 Å². The van der Waals surface area contributed by atoms with Crippen molar-refractivity contribution in [2.24, 2.45) is 0 Å². The second-order valence-corrected chi connectivity index (χ2v) is 8.16. The summed E-state index contributed by atoms with van der Waals surface area (Å²) in [6.45, 7) is 0.234. The molecule has 0 saturated carbocycles. The molecule has 0 spiro atoms. The number of nitrogens with one attached hydrogen (secondary N) is 2. The zero-order valence-corrected chi connectivity index (χ0v) is 20.4. The maximum atomic E-state index is 12.9. The van der Waals surface area contributed by atoms with E-state index in [1.54, 1.807) is 31.4 Å². The second kappa shape index (κ2) is 10.2. The number of hydrogen-bond acceptors (Lipinski definition) is 7. The molecule has 0 radical (unpaired) electrons. The van der Waals surface area contributed by atoms with Gasteiger partial charge in [-0.1, -0.05) is 23.7 Å². The summed E-state index contributed by atoms with van der Waals surface area (Å²) in [5, 5.41) is 10.8. The largest absolute Gasteiger partial charge is 0.493 e. The summed E-state index contributed by atoms with van der Waals surface area (Å²) >= 11 is 6.03. The molecule has 0 fully saturated rings. The van der Waals surface area contributed by atoms with Crippen LogP contribution < -0.4 is 24.8 Å². The first-order valence-electron chi connectivity index (χ1n) is 10.7. The summed E-state index contributed by atoms with van der Waals surface area (Å²) in [7, 11) is 6.04. The first kappa shape index (κ1) is 24.4. The number of rotatable bonds is 9. The van der Waals surface area contributed by atoms with Gasteiger partial charge in [0, 0.05) is 35.5 Å². The molecule has 1 atom stereocenters. The molecule has 2 amide bonds. The van der Waals surface area contributed by atoms with Gasteiger partial charge in [0.25, 0.3) is 5.91 Å². The molecule has 2 heterocycles. The Kier molecular flexibility index (Phi) is 7.13. The van der Waals surface area contributed by atoms with Gasteiger partial charge in [-0.15, -0.1) is 0 Å². The molecule has 0 bridgehead atoms. The number of carbonyl (C=O) groups excluding carboxylic acids is 2. The first-order chi connectivity index (χ1) is 16.9. The highest BCUT2D eigenvalue weighted by Gasteiger charge is 2.37. The molecule has 1 aliphatic heterocycles. The Hall–Kier alpha value is -3.76. The Morgan fingerprint density at radius 3 is 2.31 bits per heavy atom. The third kappa shape index (κ3) is 4.75. The quantitative estimate of drug-likeness (QED) is 0.458. The molecule has 0 aliphatic carbocycles. The molecule has 2 N–H and O–H groups in total. The van der Waals surface area contributed by atoms with Gasteiger partial charge in [-0.25, -0.2) is 4.68 Å². The van der Waals surface area contributed by atoms with Crippen LogP contribution in [-0.2, 0) is 20.9 Å². The first-order valence-corrected chi connectivity index (χ1v) is 11.0. The highest BCUT2D eigenvalue weighted by atomic mass is 35.5. The summed E-state index contributed by atoms with van der Waals surface area (Å²) in [6, 6.07) is 9.61. The molecule has 1 unspecified atom stereocenters. The minimum atomic E-state index is -0.830. The van der Waals surface area contributed by atoms with E-state index >= 15 is 0 Å². The van der Waals surface area contributed by atoms with E-state index in [1.165, 1.54) is 26.0 Å². The van der Waals surface area contributed by atoms with Crippen LogP contribution in [0, 0.1) is 0 Å². The van der Waals surface area contributed by atoms with Gasteiger partial charge in [0.1, 0.15) is 11.9 Å². The molecule has 10 nitrogen and oxygen atoms in total. The Morgan fingerprint density at radius 2 is 1.74 bits per heavy atom. The highest BCUT2D eigenvalue weighted by Crippen LogP contribution is 2.41. The van der Waals surface area contributed by atoms with E-state index in [4.69, 9.17) is 30.5 Å². The van der Waals surface area contributed by atoms with Crippen molar-refractivity contribution in [1.29, 1.82) is 0 Å².